The van der Waals surface area contributed by atoms with Gasteiger partial charge in [-0.1, -0.05) is 12.1 Å². The summed E-state index contributed by atoms with van der Waals surface area (Å²) in [5, 5.41) is 0. The smallest absolute Gasteiger partial charge is 0.411 e. The predicted octanol–water partition coefficient (Wildman–Crippen LogP) is 3.62. The summed E-state index contributed by atoms with van der Waals surface area (Å²) in [5.74, 6) is -1.03. The SMILES string of the molecule is COC(=O)C(Cc1ccc(OC)c(CC2(C(=O)OC(C)(C)C)C=CC=N2)c1)OCC(F)(F)F. The zero-order valence-electron chi connectivity index (χ0n) is 19.2. The van der Waals surface area contributed by atoms with Crippen molar-refractivity contribution in [2.75, 3.05) is 20.8 Å². The van der Waals surface area contributed by atoms with Crippen LogP contribution in [0.1, 0.15) is 31.9 Å². The normalized spacial score (nSPS) is 18.8. The molecule has 0 fully saturated rings. The molecule has 33 heavy (non-hydrogen) atoms. The minimum absolute atomic E-state index is 0.0816. The number of alkyl halides is 3. The lowest BCUT2D eigenvalue weighted by Crippen LogP contribution is -2.41. The fraction of sp³-hybridized carbons (Fsp3) is 0.522. The number of carbonyl (C=O) groups is 2. The third-order valence-corrected chi connectivity index (χ3v) is 4.65. The fourth-order valence-electron chi connectivity index (χ4n) is 3.22. The lowest BCUT2D eigenvalue weighted by atomic mass is 9.89. The highest BCUT2D eigenvalue weighted by molar-refractivity contribution is 5.91. The van der Waals surface area contributed by atoms with Crippen molar-refractivity contribution in [3.8, 4) is 5.75 Å². The van der Waals surface area contributed by atoms with Gasteiger partial charge in [0.15, 0.2) is 11.6 Å². The molecule has 1 aliphatic rings. The quantitative estimate of drug-likeness (QED) is 0.512. The molecule has 0 bridgehead atoms. The van der Waals surface area contributed by atoms with Crippen molar-refractivity contribution in [3.05, 3.63) is 41.5 Å². The number of rotatable bonds is 9. The molecule has 1 aromatic rings. The average Bonchev–Trinajstić information content (AvgIpc) is 3.18. The van der Waals surface area contributed by atoms with Crippen molar-refractivity contribution in [2.45, 2.75) is 57.0 Å². The van der Waals surface area contributed by atoms with Crippen LogP contribution in [0.5, 0.6) is 5.75 Å². The maximum Gasteiger partial charge on any atom is 0.411 e. The van der Waals surface area contributed by atoms with Gasteiger partial charge in [-0.3, -0.25) is 4.99 Å². The number of methoxy groups -OCH3 is 2. The van der Waals surface area contributed by atoms with Gasteiger partial charge >= 0.3 is 18.1 Å². The largest absolute Gasteiger partial charge is 0.496 e. The van der Waals surface area contributed by atoms with Gasteiger partial charge in [-0.25, -0.2) is 9.59 Å². The van der Waals surface area contributed by atoms with Gasteiger partial charge in [0.2, 0.25) is 0 Å². The van der Waals surface area contributed by atoms with E-state index in [9.17, 15) is 22.8 Å². The van der Waals surface area contributed by atoms with Gasteiger partial charge in [0.25, 0.3) is 0 Å². The molecular weight excluding hydrogens is 443 g/mol. The second-order valence-corrected chi connectivity index (χ2v) is 8.53. The molecule has 10 heteroatoms. The Morgan fingerprint density at radius 3 is 2.36 bits per heavy atom. The number of carbonyl (C=O) groups excluding carboxylic acids is 2. The summed E-state index contributed by atoms with van der Waals surface area (Å²) in [4.78, 5) is 29.2. The minimum Gasteiger partial charge on any atom is -0.496 e. The van der Waals surface area contributed by atoms with E-state index in [1.807, 2.05) is 0 Å². The first kappa shape index (κ1) is 26.4. The standard InChI is InChI=1S/C23H28F3NO6/c1-21(2,3)33-20(29)22(9-6-10-27-22)13-16-11-15(7-8-17(16)30-4)12-18(19(28)31-5)32-14-23(24,25)26/h6-11,18H,12-14H2,1-5H3. The van der Waals surface area contributed by atoms with Crippen LogP contribution < -0.4 is 4.74 Å². The molecule has 1 aliphatic heterocycles. The summed E-state index contributed by atoms with van der Waals surface area (Å²) in [6, 6.07) is 4.84. The molecule has 0 saturated carbocycles. The van der Waals surface area contributed by atoms with E-state index in [-0.39, 0.29) is 12.8 Å². The van der Waals surface area contributed by atoms with Crippen LogP contribution in [0.25, 0.3) is 0 Å². The summed E-state index contributed by atoms with van der Waals surface area (Å²) in [7, 11) is 2.52. The fourth-order valence-corrected chi connectivity index (χ4v) is 3.22. The molecule has 0 saturated heterocycles. The molecule has 1 heterocycles. The molecule has 182 valence electrons. The summed E-state index contributed by atoms with van der Waals surface area (Å²) in [5.41, 5.74) is -0.989. The number of hydrogen-bond donors (Lipinski definition) is 0. The molecule has 0 spiro atoms. The van der Waals surface area contributed by atoms with Gasteiger partial charge < -0.3 is 18.9 Å². The third-order valence-electron chi connectivity index (χ3n) is 4.65. The molecule has 0 N–H and O–H groups in total. The van der Waals surface area contributed by atoms with Gasteiger partial charge in [-0.05, 0) is 50.1 Å². The molecular formula is C23H28F3NO6. The molecule has 0 aromatic heterocycles. The number of benzene rings is 1. The van der Waals surface area contributed by atoms with Crippen molar-refractivity contribution in [1.82, 2.24) is 0 Å². The molecule has 2 atom stereocenters. The van der Waals surface area contributed by atoms with Crippen molar-refractivity contribution >= 4 is 18.2 Å². The highest BCUT2D eigenvalue weighted by Crippen LogP contribution is 2.32. The first-order chi connectivity index (χ1) is 15.3. The Kier molecular flexibility index (Phi) is 8.29. The van der Waals surface area contributed by atoms with E-state index in [0.29, 0.717) is 16.9 Å². The molecule has 7 nitrogen and oxygen atoms in total. The Morgan fingerprint density at radius 1 is 1.15 bits per heavy atom. The number of halogens is 3. The molecule has 1 aromatic carbocycles. The van der Waals surface area contributed by atoms with Gasteiger partial charge in [0.1, 0.15) is 18.0 Å². The summed E-state index contributed by atoms with van der Waals surface area (Å²) in [6.07, 6.45) is -1.38. The zero-order valence-corrected chi connectivity index (χ0v) is 19.2. The predicted molar refractivity (Wildman–Crippen MR) is 114 cm³/mol. The Balaban J connectivity index is 2.32. The van der Waals surface area contributed by atoms with Gasteiger partial charge in [-0.15, -0.1) is 0 Å². The van der Waals surface area contributed by atoms with Crippen molar-refractivity contribution in [1.29, 1.82) is 0 Å². The van der Waals surface area contributed by atoms with Crippen LogP contribution in [0, 0.1) is 0 Å². The van der Waals surface area contributed by atoms with E-state index in [0.717, 1.165) is 7.11 Å². The summed E-state index contributed by atoms with van der Waals surface area (Å²) < 4.78 is 58.1. The molecule has 0 aliphatic carbocycles. The first-order valence-electron chi connectivity index (χ1n) is 10.2. The van der Waals surface area contributed by atoms with Crippen LogP contribution in [0.4, 0.5) is 13.2 Å². The minimum atomic E-state index is -4.59. The Hall–Kier alpha value is -2.88. The third kappa shape index (κ3) is 7.59. The summed E-state index contributed by atoms with van der Waals surface area (Å²) in [6.45, 7) is 3.65. The van der Waals surface area contributed by atoms with Gasteiger partial charge in [0.05, 0.1) is 14.2 Å². The van der Waals surface area contributed by atoms with Crippen molar-refractivity contribution in [3.63, 3.8) is 0 Å². The molecule has 2 rings (SSSR count). The number of aliphatic imine (C=N–C) groups is 1. The number of hydrogen-bond acceptors (Lipinski definition) is 7. The maximum atomic E-state index is 12.9. The number of allylic oxidation sites excluding steroid dienone is 1. The highest BCUT2D eigenvalue weighted by atomic mass is 19.4. The van der Waals surface area contributed by atoms with E-state index < -0.39 is 42.0 Å². The Morgan fingerprint density at radius 2 is 1.85 bits per heavy atom. The first-order valence-corrected chi connectivity index (χ1v) is 10.2. The average molecular weight is 471 g/mol. The number of nitrogens with zero attached hydrogens (tertiary/aromatic N) is 1. The van der Waals surface area contributed by atoms with Crippen molar-refractivity contribution in [2.24, 2.45) is 4.99 Å². The monoisotopic (exact) mass is 471 g/mol. The van der Waals surface area contributed by atoms with E-state index >= 15 is 0 Å². The van der Waals surface area contributed by atoms with Crippen LogP contribution in [0.3, 0.4) is 0 Å². The van der Waals surface area contributed by atoms with Crippen LogP contribution in [0.2, 0.25) is 0 Å². The number of ether oxygens (including phenoxy) is 4. The van der Waals surface area contributed by atoms with E-state index in [4.69, 9.17) is 14.2 Å². The van der Waals surface area contributed by atoms with Gasteiger partial charge in [-0.2, -0.15) is 13.2 Å². The van der Waals surface area contributed by atoms with E-state index in [2.05, 4.69) is 9.73 Å². The second-order valence-electron chi connectivity index (χ2n) is 8.53. The second kappa shape index (κ2) is 10.4. The van der Waals surface area contributed by atoms with Crippen LogP contribution in [-0.2, 0) is 36.6 Å². The van der Waals surface area contributed by atoms with Crippen LogP contribution in [-0.4, -0.2) is 62.4 Å². The summed E-state index contributed by atoms with van der Waals surface area (Å²) >= 11 is 0. The molecule has 2 unspecified atom stereocenters. The topological polar surface area (TPSA) is 83.4 Å². The van der Waals surface area contributed by atoms with E-state index in [1.54, 1.807) is 51.1 Å². The number of esters is 2. The van der Waals surface area contributed by atoms with Crippen LogP contribution in [0.15, 0.2) is 35.3 Å². The van der Waals surface area contributed by atoms with E-state index in [1.165, 1.54) is 13.3 Å². The lowest BCUT2D eigenvalue weighted by molar-refractivity contribution is -0.193. The highest BCUT2D eigenvalue weighted by Gasteiger charge is 2.41. The van der Waals surface area contributed by atoms with Gasteiger partial charge in [0, 0.05) is 19.1 Å². The zero-order chi connectivity index (χ0) is 24.9. The van der Waals surface area contributed by atoms with Crippen LogP contribution >= 0.6 is 0 Å². The molecule has 0 amide bonds. The Bertz CT molecular complexity index is 906. The Labute approximate surface area is 190 Å². The lowest BCUT2D eigenvalue weighted by Gasteiger charge is -2.28. The van der Waals surface area contributed by atoms with Crippen molar-refractivity contribution < 1.29 is 41.7 Å². The maximum absolute atomic E-state index is 12.9. The molecule has 0 radical (unpaired) electrons.